The lowest BCUT2D eigenvalue weighted by Crippen LogP contribution is -2.48. The summed E-state index contributed by atoms with van der Waals surface area (Å²) in [5.74, 6) is -0.328. The summed E-state index contributed by atoms with van der Waals surface area (Å²) in [6.45, 7) is 2.34. The van der Waals surface area contributed by atoms with E-state index in [0.29, 0.717) is 24.2 Å². The molecule has 2 fully saturated rings. The molecule has 7 nitrogen and oxygen atoms in total. The van der Waals surface area contributed by atoms with Gasteiger partial charge in [-0.3, -0.25) is 14.7 Å². The molecular formula is C27H31F3N4O3S. The Balaban J connectivity index is 1.33. The minimum atomic E-state index is -4.25. The molecule has 38 heavy (non-hydrogen) atoms. The zero-order chi connectivity index (χ0) is 27.1. The normalized spacial score (nSPS) is 19.1. The number of piperidine rings is 1. The van der Waals surface area contributed by atoms with E-state index in [4.69, 9.17) is 0 Å². The predicted octanol–water partition coefficient (Wildman–Crippen LogP) is 5.01. The van der Waals surface area contributed by atoms with Crippen LogP contribution < -0.4 is 5.32 Å². The van der Waals surface area contributed by atoms with Crippen molar-refractivity contribution in [2.24, 2.45) is 0 Å². The van der Waals surface area contributed by atoms with E-state index >= 15 is 0 Å². The van der Waals surface area contributed by atoms with E-state index in [1.54, 1.807) is 30.0 Å². The van der Waals surface area contributed by atoms with Crippen molar-refractivity contribution in [3.8, 4) is 0 Å². The molecule has 2 aromatic heterocycles. The number of rotatable bonds is 8. The van der Waals surface area contributed by atoms with Gasteiger partial charge in [-0.25, -0.2) is 8.42 Å². The second-order valence-electron chi connectivity index (χ2n) is 10.1. The maximum atomic E-state index is 13.7. The lowest BCUT2D eigenvalue weighted by molar-refractivity contribution is -0.192. The number of alkyl halides is 3. The molecule has 2 aliphatic rings. The molecule has 5 rings (SSSR count). The van der Waals surface area contributed by atoms with Crippen LogP contribution in [0.3, 0.4) is 0 Å². The van der Waals surface area contributed by atoms with Crippen molar-refractivity contribution in [1.29, 1.82) is 0 Å². The summed E-state index contributed by atoms with van der Waals surface area (Å²) in [6.07, 6.45) is 0.500. The van der Waals surface area contributed by atoms with Crippen molar-refractivity contribution in [3.05, 3.63) is 59.5 Å². The first-order valence-electron chi connectivity index (χ1n) is 13.0. The van der Waals surface area contributed by atoms with Crippen LogP contribution in [0.25, 0.3) is 10.9 Å². The van der Waals surface area contributed by atoms with Gasteiger partial charge in [-0.1, -0.05) is 13.3 Å². The quantitative estimate of drug-likeness (QED) is 0.428. The Morgan fingerprint density at radius 1 is 1.11 bits per heavy atom. The van der Waals surface area contributed by atoms with Gasteiger partial charge in [-0.15, -0.1) is 0 Å². The maximum Gasteiger partial charge on any atom is 0.404 e. The molecule has 1 aromatic carbocycles. The van der Waals surface area contributed by atoms with E-state index < -0.39 is 22.1 Å². The van der Waals surface area contributed by atoms with Crippen LogP contribution in [0.1, 0.15) is 66.8 Å². The molecule has 1 amide bonds. The SMILES string of the molecule is CCS(=O)(=O)c1ccc(CNC(=O)c2ccc3c(c2)cc(CN2CCCC[C@@H]2C(F)(F)F)n3C2CC2)nc1. The number of fused-ring (bicyclic) bond motifs is 1. The van der Waals surface area contributed by atoms with Crippen LogP contribution in [-0.4, -0.2) is 53.3 Å². The van der Waals surface area contributed by atoms with Crippen LogP contribution in [0.15, 0.2) is 47.5 Å². The molecule has 204 valence electrons. The topological polar surface area (TPSA) is 84.3 Å². The molecule has 0 bridgehead atoms. The number of carbonyl (C=O) groups is 1. The van der Waals surface area contributed by atoms with Gasteiger partial charge >= 0.3 is 6.18 Å². The third-order valence-corrected chi connectivity index (χ3v) is 9.14. The van der Waals surface area contributed by atoms with Crippen LogP contribution in [0.2, 0.25) is 0 Å². The Bertz CT molecular complexity index is 1430. The maximum absolute atomic E-state index is 13.7. The van der Waals surface area contributed by atoms with Crippen molar-refractivity contribution in [2.45, 2.75) is 75.3 Å². The Morgan fingerprint density at radius 3 is 2.55 bits per heavy atom. The van der Waals surface area contributed by atoms with Gasteiger partial charge in [0.25, 0.3) is 5.91 Å². The van der Waals surface area contributed by atoms with Gasteiger partial charge in [-0.05, 0) is 68.6 Å². The van der Waals surface area contributed by atoms with Gasteiger partial charge in [0, 0.05) is 40.9 Å². The highest BCUT2D eigenvalue weighted by atomic mass is 32.2. The number of benzene rings is 1. The summed E-state index contributed by atoms with van der Waals surface area (Å²) < 4.78 is 67.1. The molecule has 1 atom stereocenters. The molecule has 11 heteroatoms. The zero-order valence-corrected chi connectivity index (χ0v) is 22.0. The second-order valence-corrected chi connectivity index (χ2v) is 12.4. The summed E-state index contributed by atoms with van der Waals surface area (Å²) >= 11 is 0. The van der Waals surface area contributed by atoms with Gasteiger partial charge in [0.1, 0.15) is 6.04 Å². The van der Waals surface area contributed by atoms with Crippen molar-refractivity contribution in [2.75, 3.05) is 12.3 Å². The van der Waals surface area contributed by atoms with Gasteiger partial charge < -0.3 is 9.88 Å². The highest BCUT2D eigenvalue weighted by molar-refractivity contribution is 7.91. The number of hydrogen-bond acceptors (Lipinski definition) is 5. The minimum absolute atomic E-state index is 0.0155. The van der Waals surface area contributed by atoms with Gasteiger partial charge in [-0.2, -0.15) is 13.2 Å². The van der Waals surface area contributed by atoms with Crippen LogP contribution in [0.4, 0.5) is 13.2 Å². The highest BCUT2D eigenvalue weighted by Gasteiger charge is 2.44. The predicted molar refractivity (Wildman–Crippen MR) is 137 cm³/mol. The number of likely N-dealkylation sites (tertiary alicyclic amines) is 1. The zero-order valence-electron chi connectivity index (χ0n) is 21.2. The molecule has 0 unspecified atom stereocenters. The van der Waals surface area contributed by atoms with E-state index in [1.165, 1.54) is 12.3 Å². The molecular weight excluding hydrogens is 517 g/mol. The number of sulfone groups is 1. The van der Waals surface area contributed by atoms with E-state index in [2.05, 4.69) is 14.9 Å². The number of carbonyl (C=O) groups excluding carboxylic acids is 1. The van der Waals surface area contributed by atoms with Crippen molar-refractivity contribution in [3.63, 3.8) is 0 Å². The van der Waals surface area contributed by atoms with Crippen LogP contribution in [0.5, 0.6) is 0 Å². The molecule has 1 saturated carbocycles. The van der Waals surface area contributed by atoms with E-state index in [0.717, 1.165) is 35.9 Å². The second kappa shape index (κ2) is 10.3. The molecule has 3 aromatic rings. The van der Waals surface area contributed by atoms with Crippen molar-refractivity contribution < 1.29 is 26.4 Å². The molecule has 1 saturated heterocycles. The lowest BCUT2D eigenvalue weighted by atomic mass is 10.0. The fraction of sp³-hybridized carbons (Fsp3) is 0.481. The number of amides is 1. The number of aromatic nitrogens is 2. The monoisotopic (exact) mass is 548 g/mol. The van der Waals surface area contributed by atoms with Crippen molar-refractivity contribution >= 4 is 26.6 Å². The number of nitrogens with zero attached hydrogens (tertiary/aromatic N) is 3. The fourth-order valence-corrected chi connectivity index (χ4v) is 6.04. The molecule has 1 N–H and O–H groups in total. The van der Waals surface area contributed by atoms with Crippen molar-refractivity contribution in [1.82, 2.24) is 19.8 Å². The third kappa shape index (κ3) is 5.58. The summed E-state index contributed by atoms with van der Waals surface area (Å²) in [5.41, 5.74) is 2.74. The first kappa shape index (κ1) is 26.7. The summed E-state index contributed by atoms with van der Waals surface area (Å²) in [6, 6.07) is 9.19. The Morgan fingerprint density at radius 2 is 1.89 bits per heavy atom. The first-order chi connectivity index (χ1) is 18.1. The van der Waals surface area contributed by atoms with E-state index in [9.17, 15) is 26.4 Å². The highest BCUT2D eigenvalue weighted by Crippen LogP contribution is 2.41. The molecule has 3 heterocycles. The summed E-state index contributed by atoms with van der Waals surface area (Å²) in [5, 5.41) is 3.63. The van der Waals surface area contributed by atoms with Crippen LogP contribution in [-0.2, 0) is 22.9 Å². The average molecular weight is 549 g/mol. The fourth-order valence-electron chi connectivity index (χ4n) is 5.22. The summed E-state index contributed by atoms with van der Waals surface area (Å²) in [4.78, 5) is 18.7. The Labute approximate surface area is 219 Å². The number of halogens is 3. The van der Waals surface area contributed by atoms with E-state index in [1.807, 2.05) is 12.1 Å². The van der Waals surface area contributed by atoms with Gasteiger partial charge in [0.15, 0.2) is 9.84 Å². The van der Waals surface area contributed by atoms with Gasteiger partial charge in [0.05, 0.1) is 22.9 Å². The largest absolute Gasteiger partial charge is 0.404 e. The standard InChI is InChI=1S/C27H31F3N4O3S/c1-2-38(36,37)23-10-7-20(31-16-23)15-32-26(35)18-6-11-24-19(13-18)14-22(34(24)21-8-9-21)17-33-12-4-3-5-25(33)27(28,29)30/h6-7,10-11,13-14,16,21,25H,2-5,8-9,12,15,17H2,1H3,(H,32,35)/t25-/m1/s1. The number of hydrogen-bond donors (Lipinski definition) is 1. The number of nitrogens with one attached hydrogen (secondary N) is 1. The molecule has 0 spiro atoms. The molecule has 1 aliphatic carbocycles. The molecule has 1 aliphatic heterocycles. The lowest BCUT2D eigenvalue weighted by Gasteiger charge is -2.36. The third-order valence-electron chi connectivity index (χ3n) is 7.42. The number of pyridine rings is 1. The minimum Gasteiger partial charge on any atom is -0.346 e. The van der Waals surface area contributed by atoms with Gasteiger partial charge in [0.2, 0.25) is 0 Å². The Kier molecular flexibility index (Phi) is 7.25. The average Bonchev–Trinajstić information content (AvgIpc) is 3.67. The van der Waals surface area contributed by atoms with Crippen LogP contribution in [0, 0.1) is 0 Å². The van der Waals surface area contributed by atoms with E-state index in [-0.39, 0.29) is 42.1 Å². The first-order valence-corrected chi connectivity index (χ1v) is 14.6. The Hall–Kier alpha value is -2.92. The summed E-state index contributed by atoms with van der Waals surface area (Å²) in [7, 11) is -3.34. The smallest absolute Gasteiger partial charge is 0.346 e. The molecule has 0 radical (unpaired) electrons. The van der Waals surface area contributed by atoms with Crippen LogP contribution >= 0.6 is 0 Å².